The van der Waals surface area contributed by atoms with E-state index in [2.05, 4.69) is 75.8 Å². The van der Waals surface area contributed by atoms with E-state index in [1.54, 1.807) is 0 Å². The van der Waals surface area contributed by atoms with E-state index in [9.17, 15) is 4.39 Å². The number of rotatable bonds is 4. The molecule has 0 bridgehead atoms. The molecule has 2 aliphatic heterocycles. The molecule has 3 aromatic rings. The first-order chi connectivity index (χ1) is 15.7. The largest absolute Gasteiger partial charge is 0.369 e. The standard InChI is InChI=1S/C27H27FN4/c1-31-12-14-32(15-13-31)26-10-8-25(9-11-26)30-19-23-18-29-17-22-3-2-21(16-27(22)23)20-4-6-24(28)7-5-20/h2-11,16-17,19,30H,12-15,18H2,1H3/b23-19+. The Balaban J connectivity index is 1.33. The summed E-state index contributed by atoms with van der Waals surface area (Å²) in [5, 5.41) is 3.45. The number of nitrogens with one attached hydrogen (secondary N) is 1. The third-order valence-corrected chi connectivity index (χ3v) is 6.22. The Morgan fingerprint density at radius 2 is 1.59 bits per heavy atom. The van der Waals surface area contributed by atoms with Crippen LogP contribution in [-0.2, 0) is 0 Å². The minimum absolute atomic E-state index is 0.220. The summed E-state index contributed by atoms with van der Waals surface area (Å²) in [5.41, 5.74) is 7.79. The molecule has 4 nitrogen and oxygen atoms in total. The lowest BCUT2D eigenvalue weighted by molar-refractivity contribution is 0.313. The van der Waals surface area contributed by atoms with E-state index in [1.165, 1.54) is 17.8 Å². The number of benzene rings is 3. The van der Waals surface area contributed by atoms with Crippen LogP contribution in [0.2, 0.25) is 0 Å². The summed E-state index contributed by atoms with van der Waals surface area (Å²) >= 11 is 0. The lowest BCUT2D eigenvalue weighted by Crippen LogP contribution is -2.44. The third kappa shape index (κ3) is 4.43. The van der Waals surface area contributed by atoms with Crippen LogP contribution in [0.15, 0.2) is 77.9 Å². The van der Waals surface area contributed by atoms with Crippen molar-refractivity contribution < 1.29 is 4.39 Å². The van der Waals surface area contributed by atoms with Crippen molar-refractivity contribution in [3.05, 3.63) is 89.9 Å². The Morgan fingerprint density at radius 3 is 2.34 bits per heavy atom. The van der Waals surface area contributed by atoms with Gasteiger partial charge in [0.25, 0.3) is 0 Å². The van der Waals surface area contributed by atoms with E-state index in [-0.39, 0.29) is 5.82 Å². The predicted octanol–water partition coefficient (Wildman–Crippen LogP) is 5.13. The first-order valence-corrected chi connectivity index (χ1v) is 11.0. The second-order valence-electron chi connectivity index (χ2n) is 8.43. The number of aliphatic imine (C=N–C) groups is 1. The molecule has 0 aromatic heterocycles. The van der Waals surface area contributed by atoms with Gasteiger partial charge in [-0.25, -0.2) is 4.39 Å². The van der Waals surface area contributed by atoms with Crippen LogP contribution >= 0.6 is 0 Å². The molecule has 3 aromatic carbocycles. The van der Waals surface area contributed by atoms with E-state index in [1.807, 2.05) is 18.3 Å². The van der Waals surface area contributed by atoms with E-state index < -0.39 is 0 Å². The van der Waals surface area contributed by atoms with Crippen molar-refractivity contribution >= 4 is 23.2 Å². The highest BCUT2D eigenvalue weighted by Gasteiger charge is 2.15. The monoisotopic (exact) mass is 426 g/mol. The molecule has 32 heavy (non-hydrogen) atoms. The van der Waals surface area contributed by atoms with Gasteiger partial charge in [0.2, 0.25) is 0 Å². The highest BCUT2D eigenvalue weighted by Crippen LogP contribution is 2.29. The summed E-state index contributed by atoms with van der Waals surface area (Å²) in [6.45, 7) is 4.97. The van der Waals surface area contributed by atoms with Gasteiger partial charge in [-0.3, -0.25) is 4.99 Å². The molecule has 5 heteroatoms. The summed E-state index contributed by atoms with van der Waals surface area (Å²) < 4.78 is 13.3. The predicted molar refractivity (Wildman–Crippen MR) is 132 cm³/mol. The van der Waals surface area contributed by atoms with Gasteiger partial charge < -0.3 is 15.1 Å². The Labute approximate surface area is 188 Å². The first-order valence-electron chi connectivity index (χ1n) is 11.0. The summed E-state index contributed by atoms with van der Waals surface area (Å²) in [7, 11) is 2.17. The molecule has 0 aliphatic carbocycles. The molecule has 0 radical (unpaired) electrons. The van der Waals surface area contributed by atoms with Crippen molar-refractivity contribution in [3.63, 3.8) is 0 Å². The number of likely N-dealkylation sites (N-methyl/N-ethyl adjacent to an activating group) is 1. The van der Waals surface area contributed by atoms with Crippen LogP contribution in [0.1, 0.15) is 11.1 Å². The molecular weight excluding hydrogens is 399 g/mol. The SMILES string of the molecule is CN1CCN(c2ccc(N/C=C3\CN=Cc4ccc(-c5ccc(F)cc5)cc43)cc2)CC1. The van der Waals surface area contributed by atoms with Crippen molar-refractivity contribution in [3.8, 4) is 11.1 Å². The van der Waals surface area contributed by atoms with E-state index >= 15 is 0 Å². The lowest BCUT2D eigenvalue weighted by Gasteiger charge is -2.34. The molecule has 0 saturated carbocycles. The van der Waals surface area contributed by atoms with Crippen LogP contribution in [0.3, 0.4) is 0 Å². The minimum atomic E-state index is -0.220. The van der Waals surface area contributed by atoms with Gasteiger partial charge in [0.1, 0.15) is 5.82 Å². The zero-order valence-corrected chi connectivity index (χ0v) is 18.3. The lowest BCUT2D eigenvalue weighted by atomic mass is 9.94. The summed E-state index contributed by atoms with van der Waals surface area (Å²) in [6.07, 6.45) is 3.97. The fourth-order valence-electron chi connectivity index (χ4n) is 4.22. The molecule has 162 valence electrons. The average molecular weight is 427 g/mol. The van der Waals surface area contributed by atoms with Crippen molar-refractivity contribution in [2.75, 3.05) is 50.0 Å². The van der Waals surface area contributed by atoms with Gasteiger partial charge in [-0.2, -0.15) is 0 Å². The van der Waals surface area contributed by atoms with Gasteiger partial charge in [-0.05, 0) is 77.3 Å². The van der Waals surface area contributed by atoms with Crippen LogP contribution in [-0.4, -0.2) is 50.9 Å². The van der Waals surface area contributed by atoms with E-state index in [4.69, 9.17) is 0 Å². The maximum absolute atomic E-state index is 13.3. The Kier molecular flexibility index (Phi) is 5.73. The van der Waals surface area contributed by atoms with E-state index in [0.29, 0.717) is 6.54 Å². The van der Waals surface area contributed by atoms with Crippen molar-refractivity contribution in [1.82, 2.24) is 4.90 Å². The van der Waals surface area contributed by atoms with Crippen molar-refractivity contribution in [2.45, 2.75) is 0 Å². The number of nitrogens with zero attached hydrogens (tertiary/aromatic N) is 3. The topological polar surface area (TPSA) is 30.9 Å². The van der Waals surface area contributed by atoms with Crippen LogP contribution in [0, 0.1) is 5.82 Å². The smallest absolute Gasteiger partial charge is 0.123 e. The minimum Gasteiger partial charge on any atom is -0.369 e. The van der Waals surface area contributed by atoms with Crippen LogP contribution in [0.5, 0.6) is 0 Å². The molecule has 1 fully saturated rings. The maximum Gasteiger partial charge on any atom is 0.123 e. The normalized spacial score (nSPS) is 17.4. The highest BCUT2D eigenvalue weighted by molar-refractivity contribution is 5.94. The maximum atomic E-state index is 13.3. The Bertz CT molecular complexity index is 1140. The second-order valence-corrected chi connectivity index (χ2v) is 8.43. The summed E-state index contributed by atoms with van der Waals surface area (Å²) in [5.74, 6) is -0.220. The molecule has 1 saturated heterocycles. The fourth-order valence-corrected chi connectivity index (χ4v) is 4.22. The van der Waals surface area contributed by atoms with Gasteiger partial charge in [0.15, 0.2) is 0 Å². The number of piperazine rings is 1. The van der Waals surface area contributed by atoms with Crippen LogP contribution < -0.4 is 10.2 Å². The molecule has 0 unspecified atom stereocenters. The molecular formula is C27H27FN4. The Hall–Kier alpha value is -3.44. The molecule has 0 spiro atoms. The van der Waals surface area contributed by atoms with Gasteiger partial charge in [-0.15, -0.1) is 0 Å². The van der Waals surface area contributed by atoms with Crippen molar-refractivity contribution in [2.24, 2.45) is 4.99 Å². The molecule has 0 atom stereocenters. The van der Waals surface area contributed by atoms with Gasteiger partial charge in [0, 0.05) is 50.0 Å². The Morgan fingerprint density at radius 1 is 0.875 bits per heavy atom. The first kappa shape index (κ1) is 20.5. The zero-order chi connectivity index (χ0) is 21.9. The molecule has 2 heterocycles. The van der Waals surface area contributed by atoms with E-state index in [0.717, 1.165) is 59.7 Å². The third-order valence-electron chi connectivity index (χ3n) is 6.22. The summed E-state index contributed by atoms with van der Waals surface area (Å²) in [4.78, 5) is 9.32. The average Bonchev–Trinajstić information content (AvgIpc) is 2.84. The molecule has 5 rings (SSSR count). The molecule has 2 aliphatic rings. The number of hydrogen-bond donors (Lipinski definition) is 1. The number of fused-ring (bicyclic) bond motifs is 1. The highest BCUT2D eigenvalue weighted by atomic mass is 19.1. The fraction of sp³-hybridized carbons (Fsp3) is 0.222. The second kappa shape index (κ2) is 8.97. The summed E-state index contributed by atoms with van der Waals surface area (Å²) in [6, 6.07) is 21.6. The zero-order valence-electron chi connectivity index (χ0n) is 18.3. The number of halogens is 1. The number of anilines is 2. The van der Waals surface area contributed by atoms with Crippen molar-refractivity contribution in [1.29, 1.82) is 0 Å². The van der Waals surface area contributed by atoms with Crippen LogP contribution in [0.4, 0.5) is 15.8 Å². The molecule has 0 amide bonds. The van der Waals surface area contributed by atoms with Gasteiger partial charge in [-0.1, -0.05) is 24.3 Å². The quantitative estimate of drug-likeness (QED) is 0.627. The van der Waals surface area contributed by atoms with Gasteiger partial charge in [0.05, 0.1) is 6.54 Å². The molecule has 1 N–H and O–H groups in total. The van der Waals surface area contributed by atoms with Crippen LogP contribution in [0.25, 0.3) is 16.7 Å². The number of hydrogen-bond acceptors (Lipinski definition) is 4. The van der Waals surface area contributed by atoms with Gasteiger partial charge >= 0.3 is 0 Å².